The van der Waals surface area contributed by atoms with Crippen LogP contribution in [-0.4, -0.2) is 42.7 Å². The minimum Gasteiger partial charge on any atom is -0.378 e. The molecule has 1 fully saturated rings. The van der Waals surface area contributed by atoms with Crippen LogP contribution in [0.15, 0.2) is 47.1 Å². The molecule has 5 nitrogen and oxygen atoms in total. The molecule has 0 radical (unpaired) electrons. The third-order valence-corrected chi connectivity index (χ3v) is 5.23. The monoisotopic (exact) mass is 414 g/mol. The molecule has 0 amide bonds. The lowest BCUT2D eigenvalue weighted by molar-refractivity contribution is 0.120. The van der Waals surface area contributed by atoms with E-state index in [1.54, 1.807) is 0 Å². The predicted molar refractivity (Wildman–Crippen MR) is 110 cm³/mol. The minimum atomic E-state index is 0.275. The van der Waals surface area contributed by atoms with E-state index in [1.807, 2.05) is 26.2 Å². The molecule has 0 spiro atoms. The highest BCUT2D eigenvalue weighted by Gasteiger charge is 2.19. The molecule has 26 heavy (non-hydrogen) atoms. The van der Waals surface area contributed by atoms with Crippen LogP contribution >= 0.6 is 15.9 Å². The van der Waals surface area contributed by atoms with Gasteiger partial charge in [0.25, 0.3) is 0 Å². The molecule has 1 unspecified atom stereocenters. The summed E-state index contributed by atoms with van der Waals surface area (Å²) in [6, 6.07) is 12.6. The molecule has 1 saturated heterocycles. The van der Waals surface area contributed by atoms with Crippen LogP contribution in [0, 0.1) is 0 Å². The van der Waals surface area contributed by atoms with Gasteiger partial charge in [0.2, 0.25) is 0 Å². The van der Waals surface area contributed by atoms with Crippen LogP contribution in [0.5, 0.6) is 0 Å². The van der Waals surface area contributed by atoms with E-state index in [9.17, 15) is 0 Å². The normalized spacial score (nSPS) is 17.0. The summed E-state index contributed by atoms with van der Waals surface area (Å²) in [6.07, 6.45) is 4.58. The van der Waals surface area contributed by atoms with Crippen molar-refractivity contribution in [3.63, 3.8) is 0 Å². The smallest absolute Gasteiger partial charge is 0.139 e. The number of anilines is 2. The fraction of sp³-hybridized carbons (Fsp3) is 0.350. The van der Waals surface area contributed by atoms with Gasteiger partial charge in [0, 0.05) is 49.2 Å². The molecule has 1 N–H and O–H groups in total. The summed E-state index contributed by atoms with van der Waals surface area (Å²) in [4.78, 5) is 6.97. The number of pyridine rings is 1. The Hall–Kier alpha value is -2.05. The number of nitrogens with zero attached hydrogens (tertiary/aromatic N) is 3. The highest BCUT2D eigenvalue weighted by atomic mass is 79.9. The van der Waals surface area contributed by atoms with E-state index in [0.717, 1.165) is 53.2 Å². The molecule has 6 heteroatoms. The number of rotatable bonds is 5. The lowest BCUT2D eigenvalue weighted by atomic mass is 10.1. The molecule has 3 heterocycles. The molecular formula is C20H23BrN4O. The molecule has 0 bridgehead atoms. The molecule has 0 saturated carbocycles. The second-order valence-corrected chi connectivity index (χ2v) is 7.76. The Morgan fingerprint density at radius 1 is 1.23 bits per heavy atom. The standard InChI is InChI=1S/C20H23BrN4O/c1-24(2)16-8-5-14(6-9-16)19-20(22-12-17-4-3-11-26-17)25-13-15(21)7-10-18(25)23-19/h5-10,13,17,22H,3-4,11-12H2,1-2H3. The van der Waals surface area contributed by atoms with Crippen molar-refractivity contribution in [2.75, 3.05) is 37.5 Å². The molecule has 1 atom stereocenters. The number of fused-ring (bicyclic) bond motifs is 1. The van der Waals surface area contributed by atoms with Crippen molar-refractivity contribution in [3.8, 4) is 11.3 Å². The average molecular weight is 415 g/mol. The van der Waals surface area contributed by atoms with Gasteiger partial charge in [-0.25, -0.2) is 4.98 Å². The second kappa shape index (κ2) is 7.29. The third kappa shape index (κ3) is 3.44. The highest BCUT2D eigenvalue weighted by molar-refractivity contribution is 9.10. The quantitative estimate of drug-likeness (QED) is 0.670. The van der Waals surface area contributed by atoms with E-state index in [-0.39, 0.29) is 6.10 Å². The van der Waals surface area contributed by atoms with Gasteiger partial charge >= 0.3 is 0 Å². The minimum absolute atomic E-state index is 0.275. The molecular weight excluding hydrogens is 392 g/mol. The van der Waals surface area contributed by atoms with Crippen molar-refractivity contribution >= 4 is 33.1 Å². The zero-order chi connectivity index (χ0) is 18.1. The molecule has 4 rings (SSSR count). The molecule has 1 aromatic carbocycles. The number of benzene rings is 1. The van der Waals surface area contributed by atoms with Crippen LogP contribution in [0.1, 0.15) is 12.8 Å². The van der Waals surface area contributed by atoms with Crippen molar-refractivity contribution < 1.29 is 4.74 Å². The van der Waals surface area contributed by atoms with Crippen LogP contribution in [0.4, 0.5) is 11.5 Å². The van der Waals surface area contributed by atoms with E-state index in [0.29, 0.717) is 0 Å². The Kier molecular flexibility index (Phi) is 4.87. The SMILES string of the molecule is CN(C)c1ccc(-c2nc3ccc(Br)cn3c2NCC2CCCO2)cc1. The number of imidazole rings is 1. The molecule has 136 valence electrons. The fourth-order valence-corrected chi connectivity index (χ4v) is 3.66. The molecule has 1 aliphatic rings. The zero-order valence-corrected chi connectivity index (χ0v) is 16.7. The van der Waals surface area contributed by atoms with Crippen molar-refractivity contribution in [2.45, 2.75) is 18.9 Å². The predicted octanol–water partition coefficient (Wildman–Crippen LogP) is 4.42. The number of hydrogen-bond donors (Lipinski definition) is 1. The summed E-state index contributed by atoms with van der Waals surface area (Å²) in [6.45, 7) is 1.66. The number of aromatic nitrogens is 2. The van der Waals surface area contributed by atoms with Gasteiger partial charge in [-0.15, -0.1) is 0 Å². The van der Waals surface area contributed by atoms with E-state index in [2.05, 4.69) is 61.0 Å². The molecule has 3 aromatic rings. The summed E-state index contributed by atoms with van der Waals surface area (Å²) in [5.74, 6) is 1.01. The zero-order valence-electron chi connectivity index (χ0n) is 15.1. The summed E-state index contributed by atoms with van der Waals surface area (Å²) < 4.78 is 8.90. The van der Waals surface area contributed by atoms with E-state index in [4.69, 9.17) is 9.72 Å². The van der Waals surface area contributed by atoms with Gasteiger partial charge in [0.1, 0.15) is 17.2 Å². The summed E-state index contributed by atoms with van der Waals surface area (Å²) in [5.41, 5.74) is 4.17. The Morgan fingerprint density at radius 3 is 2.73 bits per heavy atom. The maximum absolute atomic E-state index is 5.77. The summed E-state index contributed by atoms with van der Waals surface area (Å²) in [7, 11) is 4.10. The van der Waals surface area contributed by atoms with Crippen LogP contribution < -0.4 is 10.2 Å². The Balaban J connectivity index is 1.73. The molecule has 2 aromatic heterocycles. The Morgan fingerprint density at radius 2 is 2.04 bits per heavy atom. The fourth-order valence-electron chi connectivity index (χ4n) is 3.32. The number of hydrogen-bond acceptors (Lipinski definition) is 4. The third-order valence-electron chi connectivity index (χ3n) is 4.76. The maximum Gasteiger partial charge on any atom is 0.139 e. The maximum atomic E-state index is 5.77. The molecule has 1 aliphatic heterocycles. The van der Waals surface area contributed by atoms with Crippen LogP contribution in [-0.2, 0) is 4.74 Å². The second-order valence-electron chi connectivity index (χ2n) is 6.84. The van der Waals surface area contributed by atoms with Gasteiger partial charge in [0.05, 0.1) is 6.10 Å². The topological polar surface area (TPSA) is 41.8 Å². The number of ether oxygens (including phenoxy) is 1. The summed E-state index contributed by atoms with van der Waals surface area (Å²) >= 11 is 3.57. The van der Waals surface area contributed by atoms with Gasteiger partial charge < -0.3 is 15.0 Å². The lowest BCUT2D eigenvalue weighted by Crippen LogP contribution is -2.19. The van der Waals surface area contributed by atoms with Crippen LogP contribution in [0.3, 0.4) is 0 Å². The summed E-state index contributed by atoms with van der Waals surface area (Å²) in [5, 5.41) is 3.59. The van der Waals surface area contributed by atoms with Gasteiger partial charge in [-0.3, -0.25) is 4.40 Å². The van der Waals surface area contributed by atoms with E-state index in [1.165, 1.54) is 5.69 Å². The van der Waals surface area contributed by atoms with Crippen molar-refractivity contribution in [2.24, 2.45) is 0 Å². The van der Waals surface area contributed by atoms with Crippen molar-refractivity contribution in [3.05, 3.63) is 47.1 Å². The van der Waals surface area contributed by atoms with Crippen molar-refractivity contribution in [1.82, 2.24) is 9.38 Å². The molecule has 0 aliphatic carbocycles. The lowest BCUT2D eigenvalue weighted by Gasteiger charge is -2.14. The van der Waals surface area contributed by atoms with Gasteiger partial charge in [-0.2, -0.15) is 0 Å². The van der Waals surface area contributed by atoms with E-state index >= 15 is 0 Å². The van der Waals surface area contributed by atoms with Gasteiger partial charge in [-0.1, -0.05) is 12.1 Å². The first-order valence-electron chi connectivity index (χ1n) is 8.92. The Labute approximate surface area is 162 Å². The first kappa shape index (κ1) is 17.4. The van der Waals surface area contributed by atoms with Gasteiger partial charge in [-0.05, 0) is 53.0 Å². The van der Waals surface area contributed by atoms with Crippen LogP contribution in [0.25, 0.3) is 16.9 Å². The highest BCUT2D eigenvalue weighted by Crippen LogP contribution is 2.31. The van der Waals surface area contributed by atoms with Gasteiger partial charge in [0.15, 0.2) is 0 Å². The number of nitrogens with one attached hydrogen (secondary N) is 1. The van der Waals surface area contributed by atoms with E-state index < -0.39 is 0 Å². The van der Waals surface area contributed by atoms with Crippen LogP contribution in [0.2, 0.25) is 0 Å². The number of halogens is 1. The first-order chi connectivity index (χ1) is 12.6. The average Bonchev–Trinajstić information content (AvgIpc) is 3.27. The first-order valence-corrected chi connectivity index (χ1v) is 9.72. The largest absolute Gasteiger partial charge is 0.378 e. The van der Waals surface area contributed by atoms with Crippen molar-refractivity contribution in [1.29, 1.82) is 0 Å². The Bertz CT molecular complexity index is 898.